The van der Waals surface area contributed by atoms with Crippen LogP contribution in [0, 0.1) is 0 Å². The zero-order valence-corrected chi connectivity index (χ0v) is 15.2. The number of ether oxygens (including phenoxy) is 2. The molecule has 0 aromatic heterocycles. The van der Waals surface area contributed by atoms with Crippen LogP contribution in [0.4, 0.5) is 0 Å². The average molecular weight is 376 g/mol. The summed E-state index contributed by atoms with van der Waals surface area (Å²) >= 11 is 3.02. The molecule has 8 nitrogen and oxygen atoms in total. The number of rotatable bonds is 13. The van der Waals surface area contributed by atoms with Crippen LogP contribution in [-0.4, -0.2) is 73.4 Å². The highest BCUT2D eigenvalue weighted by molar-refractivity contribution is 7.98. The van der Waals surface area contributed by atoms with E-state index < -0.39 is 24.0 Å². The minimum atomic E-state index is -0.903. The third kappa shape index (κ3) is 10.2. The summed E-state index contributed by atoms with van der Waals surface area (Å²) in [6, 6.07) is -1.81. The molecule has 0 rings (SSSR count). The number of hydrogen-bond donors (Lipinski definition) is 0. The fraction of sp³-hybridized carbons (Fsp3) is 0.714. The van der Waals surface area contributed by atoms with E-state index in [0.29, 0.717) is 24.3 Å². The highest BCUT2D eigenvalue weighted by Crippen LogP contribution is 2.07. The van der Waals surface area contributed by atoms with Gasteiger partial charge < -0.3 is 9.47 Å². The molecule has 0 aromatic rings. The molecule has 0 saturated heterocycles. The van der Waals surface area contributed by atoms with E-state index in [1.165, 1.54) is 35.7 Å². The van der Waals surface area contributed by atoms with Gasteiger partial charge >= 0.3 is 11.9 Å². The van der Waals surface area contributed by atoms with E-state index in [9.17, 15) is 19.2 Å². The maximum atomic E-state index is 11.7. The monoisotopic (exact) mass is 376 g/mol. The summed E-state index contributed by atoms with van der Waals surface area (Å²) in [5, 5.41) is 0. The van der Waals surface area contributed by atoms with Gasteiger partial charge in [-0.2, -0.15) is 33.5 Å². The first-order chi connectivity index (χ1) is 11.6. The van der Waals surface area contributed by atoms with Crippen LogP contribution >= 0.6 is 23.5 Å². The maximum Gasteiger partial charge on any atom is 0.331 e. The van der Waals surface area contributed by atoms with Crippen LogP contribution in [0.2, 0.25) is 0 Å². The minimum absolute atomic E-state index is 0.172. The number of carbonyl (C=O) groups excluding carboxylic acids is 4. The van der Waals surface area contributed by atoms with Crippen LogP contribution in [0.3, 0.4) is 0 Å². The molecule has 0 radical (unpaired) electrons. The van der Waals surface area contributed by atoms with Crippen molar-refractivity contribution >= 4 is 47.6 Å². The molecule has 0 spiro atoms. The highest BCUT2D eigenvalue weighted by Gasteiger charge is 2.21. The Morgan fingerprint density at radius 1 is 0.875 bits per heavy atom. The summed E-state index contributed by atoms with van der Waals surface area (Å²) in [4.78, 5) is 50.9. The van der Waals surface area contributed by atoms with Gasteiger partial charge in [0.05, 0.1) is 0 Å². The molecule has 0 aliphatic heterocycles. The van der Waals surface area contributed by atoms with E-state index in [0.717, 1.165) is 0 Å². The molecule has 10 heteroatoms. The average Bonchev–Trinajstić information content (AvgIpc) is 2.58. The predicted molar refractivity (Wildman–Crippen MR) is 91.7 cm³/mol. The summed E-state index contributed by atoms with van der Waals surface area (Å²) in [5.74, 6) is -0.0665. The molecule has 24 heavy (non-hydrogen) atoms. The molecule has 2 unspecified atom stereocenters. The van der Waals surface area contributed by atoms with Gasteiger partial charge in [-0.15, -0.1) is 0 Å². The molecule has 2 atom stereocenters. The standard InChI is InChI=1S/C14H20N2O6S2/c1-23-7-3-11(15-9-17)13(19)21-5-6-22-14(20)12(16-10-18)4-8-24-2/h11-12H,3-8H2,1-2H3. The number of carbonyl (C=O) groups is 2. The van der Waals surface area contributed by atoms with Gasteiger partial charge in [0.2, 0.25) is 12.2 Å². The zero-order valence-electron chi connectivity index (χ0n) is 13.6. The number of isocyanates is 2. The van der Waals surface area contributed by atoms with Crippen LogP contribution in [0.5, 0.6) is 0 Å². The molecule has 0 amide bonds. The third-order valence-corrected chi connectivity index (χ3v) is 4.01. The third-order valence-electron chi connectivity index (χ3n) is 2.72. The van der Waals surface area contributed by atoms with E-state index in [-0.39, 0.29) is 13.2 Å². The van der Waals surface area contributed by atoms with Gasteiger partial charge in [0, 0.05) is 0 Å². The van der Waals surface area contributed by atoms with Crippen molar-refractivity contribution in [2.24, 2.45) is 9.98 Å². The topological polar surface area (TPSA) is 111 Å². The first-order valence-electron chi connectivity index (χ1n) is 7.05. The molecule has 134 valence electrons. The Bertz CT molecular complexity index is 446. The van der Waals surface area contributed by atoms with Crippen LogP contribution < -0.4 is 0 Å². The lowest BCUT2D eigenvalue weighted by Crippen LogP contribution is -2.27. The molecule has 0 bridgehead atoms. The summed E-state index contributed by atoms with van der Waals surface area (Å²) in [7, 11) is 0. The maximum absolute atomic E-state index is 11.7. The van der Waals surface area contributed by atoms with Crippen molar-refractivity contribution < 1.29 is 28.7 Å². The van der Waals surface area contributed by atoms with E-state index in [1.807, 2.05) is 12.5 Å². The van der Waals surface area contributed by atoms with Gasteiger partial charge in [0.15, 0.2) is 12.1 Å². The Hall–Kier alpha value is -1.60. The smallest absolute Gasteiger partial charge is 0.331 e. The Balaban J connectivity index is 4.24. The largest absolute Gasteiger partial charge is 0.460 e. The van der Waals surface area contributed by atoms with Crippen molar-refractivity contribution in [2.75, 3.05) is 37.2 Å². The fourth-order valence-corrected chi connectivity index (χ4v) is 2.45. The van der Waals surface area contributed by atoms with Gasteiger partial charge in [-0.3, -0.25) is 0 Å². The van der Waals surface area contributed by atoms with Gasteiger partial charge in [0.1, 0.15) is 13.2 Å². The fourth-order valence-electron chi connectivity index (χ4n) is 1.53. The quantitative estimate of drug-likeness (QED) is 0.202. The molecule has 0 aliphatic rings. The molecule has 0 aromatic carbocycles. The number of hydrogen-bond acceptors (Lipinski definition) is 10. The summed E-state index contributed by atoms with van der Waals surface area (Å²) in [6.45, 7) is -0.344. The normalized spacial score (nSPS) is 12.2. The van der Waals surface area contributed by atoms with E-state index in [1.54, 1.807) is 0 Å². The van der Waals surface area contributed by atoms with Crippen LogP contribution in [0.1, 0.15) is 12.8 Å². The second-order valence-electron chi connectivity index (χ2n) is 4.37. The molecule has 0 fully saturated rings. The minimum Gasteiger partial charge on any atom is -0.460 e. The van der Waals surface area contributed by atoms with Gasteiger partial charge in [0.25, 0.3) is 0 Å². The van der Waals surface area contributed by atoms with Crippen molar-refractivity contribution in [1.82, 2.24) is 0 Å². The highest BCUT2D eigenvalue weighted by atomic mass is 32.2. The lowest BCUT2D eigenvalue weighted by atomic mass is 10.2. The number of aliphatic imine (C=N–C) groups is 2. The van der Waals surface area contributed by atoms with Crippen molar-refractivity contribution in [3.8, 4) is 0 Å². The zero-order chi connectivity index (χ0) is 18.2. The first kappa shape index (κ1) is 22.4. The van der Waals surface area contributed by atoms with Crippen molar-refractivity contribution in [1.29, 1.82) is 0 Å². The van der Waals surface area contributed by atoms with E-state index in [4.69, 9.17) is 9.47 Å². The Morgan fingerprint density at radius 3 is 1.54 bits per heavy atom. The Labute approximate surface area is 148 Å². The van der Waals surface area contributed by atoms with E-state index in [2.05, 4.69) is 9.98 Å². The molecular weight excluding hydrogens is 356 g/mol. The lowest BCUT2D eigenvalue weighted by molar-refractivity contribution is -0.153. The second-order valence-corrected chi connectivity index (χ2v) is 6.34. The van der Waals surface area contributed by atoms with E-state index >= 15 is 0 Å². The Morgan fingerprint density at radius 2 is 1.25 bits per heavy atom. The van der Waals surface area contributed by atoms with Crippen molar-refractivity contribution in [2.45, 2.75) is 24.9 Å². The summed E-state index contributed by atoms with van der Waals surface area (Å²) in [5.41, 5.74) is 0. The van der Waals surface area contributed by atoms with Crippen molar-refractivity contribution in [3.05, 3.63) is 0 Å². The van der Waals surface area contributed by atoms with Crippen LogP contribution in [0.25, 0.3) is 0 Å². The molecule has 0 aliphatic carbocycles. The van der Waals surface area contributed by atoms with Crippen LogP contribution in [-0.2, 0) is 28.7 Å². The van der Waals surface area contributed by atoms with Crippen LogP contribution in [0.15, 0.2) is 9.98 Å². The SMILES string of the molecule is CSCCC(N=C=O)C(=O)OCCOC(=O)C(CCSC)N=C=O. The molecule has 0 heterocycles. The summed E-state index contributed by atoms with van der Waals surface area (Å²) < 4.78 is 9.83. The summed E-state index contributed by atoms with van der Waals surface area (Å²) in [6.07, 6.45) is 7.13. The molecule has 0 N–H and O–H groups in total. The van der Waals surface area contributed by atoms with Gasteiger partial charge in [-0.25, -0.2) is 19.2 Å². The van der Waals surface area contributed by atoms with Gasteiger partial charge in [-0.05, 0) is 36.9 Å². The molecule has 0 saturated carbocycles. The lowest BCUT2D eigenvalue weighted by Gasteiger charge is -2.12. The predicted octanol–water partition coefficient (Wildman–Crippen LogP) is 0.988. The first-order valence-corrected chi connectivity index (χ1v) is 9.84. The number of esters is 2. The second kappa shape index (κ2) is 15.0. The number of thioether (sulfide) groups is 2. The van der Waals surface area contributed by atoms with Gasteiger partial charge in [-0.1, -0.05) is 0 Å². The van der Waals surface area contributed by atoms with Crippen molar-refractivity contribution in [3.63, 3.8) is 0 Å². The Kier molecular flexibility index (Phi) is 14.0. The number of nitrogens with zero attached hydrogens (tertiary/aromatic N) is 2. The molecular formula is C14H20N2O6S2.